The first-order valence-electron chi connectivity index (χ1n) is 5.92. The quantitative estimate of drug-likeness (QED) is 0.420. The molecule has 1 aromatic carbocycles. The minimum atomic E-state index is -3.24. The lowest BCUT2D eigenvalue weighted by atomic mass is 10.2. The maximum Gasteiger partial charge on any atom is 0.275 e. The molecular weight excluding hydrogens is 286 g/mol. The second-order valence-corrected chi connectivity index (χ2v) is 5.83. The first kappa shape index (κ1) is 16.2. The van der Waals surface area contributed by atoms with Crippen LogP contribution in [0, 0.1) is 10.1 Å². The van der Waals surface area contributed by atoms with E-state index in [0.29, 0.717) is 24.6 Å². The van der Waals surface area contributed by atoms with Crippen molar-refractivity contribution in [1.82, 2.24) is 4.72 Å². The third-order valence-corrected chi connectivity index (χ3v) is 2.96. The predicted molar refractivity (Wildman–Crippen MR) is 75.6 cm³/mol. The summed E-state index contributed by atoms with van der Waals surface area (Å²) in [4.78, 5) is 10.3. The first-order chi connectivity index (χ1) is 9.31. The van der Waals surface area contributed by atoms with Gasteiger partial charge in [-0.1, -0.05) is 0 Å². The maximum absolute atomic E-state index is 10.9. The van der Waals surface area contributed by atoms with Gasteiger partial charge < -0.3 is 10.1 Å². The molecule has 1 aromatic rings. The fraction of sp³-hybridized carbons (Fsp3) is 0.455. The Morgan fingerprint density at radius 2 is 2.00 bits per heavy atom. The maximum atomic E-state index is 10.9. The largest absolute Gasteiger partial charge is 0.494 e. The molecule has 0 fully saturated rings. The van der Waals surface area contributed by atoms with Crippen LogP contribution in [-0.2, 0) is 10.0 Å². The molecule has 0 aliphatic rings. The predicted octanol–water partition coefficient (Wildman–Crippen LogP) is 0.955. The van der Waals surface area contributed by atoms with Crippen LogP contribution in [0.2, 0.25) is 0 Å². The topological polar surface area (TPSA) is 111 Å². The van der Waals surface area contributed by atoms with Crippen molar-refractivity contribution in [2.75, 3.05) is 31.3 Å². The molecule has 0 spiro atoms. The fourth-order valence-corrected chi connectivity index (χ4v) is 1.96. The number of hydrogen-bond donors (Lipinski definition) is 2. The third-order valence-electron chi connectivity index (χ3n) is 2.23. The number of hydrogen-bond acceptors (Lipinski definition) is 6. The molecule has 0 saturated carbocycles. The van der Waals surface area contributed by atoms with Gasteiger partial charge in [-0.3, -0.25) is 10.1 Å². The van der Waals surface area contributed by atoms with Crippen LogP contribution < -0.4 is 14.8 Å². The fourth-order valence-electron chi connectivity index (χ4n) is 1.48. The summed E-state index contributed by atoms with van der Waals surface area (Å²) >= 11 is 0. The molecule has 0 bridgehead atoms. The van der Waals surface area contributed by atoms with Gasteiger partial charge in [0.1, 0.15) is 5.75 Å². The van der Waals surface area contributed by atoms with Crippen LogP contribution in [0.1, 0.15) is 6.92 Å². The van der Waals surface area contributed by atoms with Crippen LogP contribution in [0.15, 0.2) is 18.2 Å². The molecule has 1 rings (SSSR count). The summed E-state index contributed by atoms with van der Waals surface area (Å²) in [6.07, 6.45) is 1.06. The Labute approximate surface area is 117 Å². The summed E-state index contributed by atoms with van der Waals surface area (Å²) in [5.74, 6) is 0.389. The van der Waals surface area contributed by atoms with E-state index >= 15 is 0 Å². The highest BCUT2D eigenvalue weighted by Crippen LogP contribution is 2.25. The SMILES string of the molecule is CCOc1cc(NCCNS(C)(=O)=O)cc([N+](=O)[O-])c1. The van der Waals surface area contributed by atoms with Gasteiger partial charge in [0.2, 0.25) is 10.0 Å². The van der Waals surface area contributed by atoms with Gasteiger partial charge in [-0.25, -0.2) is 13.1 Å². The van der Waals surface area contributed by atoms with Crippen LogP contribution in [0.5, 0.6) is 5.75 Å². The Bertz CT molecular complexity index is 573. The van der Waals surface area contributed by atoms with E-state index in [0.717, 1.165) is 6.26 Å². The van der Waals surface area contributed by atoms with Crippen molar-refractivity contribution >= 4 is 21.4 Å². The minimum Gasteiger partial charge on any atom is -0.494 e. The van der Waals surface area contributed by atoms with Crippen molar-refractivity contribution < 1.29 is 18.1 Å². The number of nitrogens with zero attached hydrogens (tertiary/aromatic N) is 1. The average Bonchev–Trinajstić information content (AvgIpc) is 2.33. The normalized spacial score (nSPS) is 11.1. The highest BCUT2D eigenvalue weighted by atomic mass is 32.2. The first-order valence-corrected chi connectivity index (χ1v) is 7.81. The highest BCUT2D eigenvalue weighted by Gasteiger charge is 2.10. The number of non-ortho nitro benzene ring substituents is 1. The second-order valence-electron chi connectivity index (χ2n) is 4.00. The van der Waals surface area contributed by atoms with Crippen LogP contribution in [0.4, 0.5) is 11.4 Å². The molecular formula is C11H17N3O5S. The number of nitro benzene ring substituents is 1. The monoisotopic (exact) mass is 303 g/mol. The molecule has 0 aliphatic heterocycles. The Morgan fingerprint density at radius 1 is 1.30 bits per heavy atom. The molecule has 9 heteroatoms. The van der Waals surface area contributed by atoms with E-state index in [9.17, 15) is 18.5 Å². The molecule has 0 saturated heterocycles. The van der Waals surface area contributed by atoms with E-state index in [1.807, 2.05) is 0 Å². The van der Waals surface area contributed by atoms with Gasteiger partial charge in [-0.2, -0.15) is 0 Å². The van der Waals surface area contributed by atoms with Gasteiger partial charge in [0, 0.05) is 30.9 Å². The average molecular weight is 303 g/mol. The highest BCUT2D eigenvalue weighted by molar-refractivity contribution is 7.88. The number of ether oxygens (including phenoxy) is 1. The van der Waals surface area contributed by atoms with Gasteiger partial charge >= 0.3 is 0 Å². The number of nitrogens with one attached hydrogen (secondary N) is 2. The molecule has 0 radical (unpaired) electrons. The summed E-state index contributed by atoms with van der Waals surface area (Å²) in [6.45, 7) is 2.67. The van der Waals surface area contributed by atoms with E-state index < -0.39 is 14.9 Å². The van der Waals surface area contributed by atoms with Crippen molar-refractivity contribution in [3.05, 3.63) is 28.3 Å². The summed E-state index contributed by atoms with van der Waals surface area (Å²) in [5, 5.41) is 13.7. The lowest BCUT2D eigenvalue weighted by Crippen LogP contribution is -2.27. The van der Waals surface area contributed by atoms with Gasteiger partial charge in [-0.15, -0.1) is 0 Å². The standard InChI is InChI=1S/C11H17N3O5S/c1-3-19-11-7-9(6-10(8-11)14(15)16)12-4-5-13-20(2,17)18/h6-8,12-13H,3-5H2,1-2H3. The third kappa shape index (κ3) is 5.85. The van der Waals surface area contributed by atoms with Crippen molar-refractivity contribution in [2.24, 2.45) is 0 Å². The van der Waals surface area contributed by atoms with Crippen molar-refractivity contribution in [2.45, 2.75) is 6.92 Å². The molecule has 0 aromatic heterocycles. The van der Waals surface area contributed by atoms with Gasteiger partial charge in [0.05, 0.1) is 23.9 Å². The van der Waals surface area contributed by atoms with E-state index in [1.165, 1.54) is 12.1 Å². The Kier molecular flexibility index (Phi) is 5.71. The smallest absolute Gasteiger partial charge is 0.275 e. The number of rotatable bonds is 8. The zero-order valence-electron chi connectivity index (χ0n) is 11.3. The molecule has 0 heterocycles. The molecule has 8 nitrogen and oxygen atoms in total. The summed E-state index contributed by atoms with van der Waals surface area (Å²) in [7, 11) is -3.24. The van der Waals surface area contributed by atoms with Crippen molar-refractivity contribution in [1.29, 1.82) is 0 Å². The van der Waals surface area contributed by atoms with E-state index in [1.54, 1.807) is 13.0 Å². The van der Waals surface area contributed by atoms with Crippen LogP contribution >= 0.6 is 0 Å². The number of sulfonamides is 1. The lowest BCUT2D eigenvalue weighted by molar-refractivity contribution is -0.384. The Morgan fingerprint density at radius 3 is 2.55 bits per heavy atom. The molecule has 0 atom stereocenters. The molecule has 112 valence electrons. The minimum absolute atomic E-state index is 0.0884. The second kappa shape index (κ2) is 7.06. The number of nitro groups is 1. The Balaban J connectivity index is 2.71. The molecule has 0 aliphatic carbocycles. The van der Waals surface area contributed by atoms with E-state index in [4.69, 9.17) is 4.74 Å². The molecule has 20 heavy (non-hydrogen) atoms. The van der Waals surface area contributed by atoms with Crippen LogP contribution in [0.3, 0.4) is 0 Å². The van der Waals surface area contributed by atoms with Crippen molar-refractivity contribution in [3.8, 4) is 5.75 Å². The van der Waals surface area contributed by atoms with Crippen LogP contribution in [0.25, 0.3) is 0 Å². The summed E-state index contributed by atoms with van der Waals surface area (Å²) in [6, 6.07) is 4.32. The van der Waals surface area contributed by atoms with Gasteiger partial charge in [-0.05, 0) is 6.92 Å². The molecule has 2 N–H and O–H groups in total. The Hall–Kier alpha value is -1.87. The van der Waals surface area contributed by atoms with Gasteiger partial charge in [0.15, 0.2) is 0 Å². The van der Waals surface area contributed by atoms with Crippen LogP contribution in [-0.4, -0.2) is 39.3 Å². The number of anilines is 1. The summed E-state index contributed by atoms with van der Waals surface area (Å²) in [5.41, 5.74) is 0.410. The zero-order chi connectivity index (χ0) is 15.2. The van der Waals surface area contributed by atoms with E-state index in [-0.39, 0.29) is 12.2 Å². The molecule has 0 unspecified atom stereocenters. The number of benzene rings is 1. The van der Waals surface area contributed by atoms with E-state index in [2.05, 4.69) is 10.0 Å². The van der Waals surface area contributed by atoms with Crippen molar-refractivity contribution in [3.63, 3.8) is 0 Å². The zero-order valence-corrected chi connectivity index (χ0v) is 12.1. The van der Waals surface area contributed by atoms with Gasteiger partial charge in [0.25, 0.3) is 5.69 Å². The molecule has 0 amide bonds. The lowest BCUT2D eigenvalue weighted by Gasteiger charge is -2.09. The summed E-state index contributed by atoms with van der Waals surface area (Å²) < 4.78 is 29.3.